The van der Waals surface area contributed by atoms with Crippen LogP contribution in [0.2, 0.25) is 0 Å². The molecule has 246 valence electrons. The molecule has 3 fully saturated rings. The van der Waals surface area contributed by atoms with Gasteiger partial charge in [0.2, 0.25) is 11.8 Å². The van der Waals surface area contributed by atoms with Crippen LogP contribution in [-0.4, -0.2) is 114 Å². The van der Waals surface area contributed by atoms with E-state index in [0.717, 1.165) is 68.7 Å². The molecule has 1 N–H and O–H groups in total. The molecular weight excluding hydrogens is 592 g/mol. The summed E-state index contributed by atoms with van der Waals surface area (Å²) in [5, 5.41) is 2.64. The summed E-state index contributed by atoms with van der Waals surface area (Å²) in [4.78, 5) is 64.0. The predicted molar refractivity (Wildman–Crippen MR) is 181 cm³/mol. The molecule has 0 atom stereocenters. The third-order valence-corrected chi connectivity index (χ3v) is 10.00. The highest BCUT2D eigenvalue weighted by Crippen LogP contribution is 2.28. The highest BCUT2D eigenvalue weighted by molar-refractivity contribution is 5.97. The Balaban J connectivity index is 1.08. The number of carbonyl (C=O) groups is 4. The van der Waals surface area contributed by atoms with Crippen molar-refractivity contribution < 1.29 is 19.2 Å². The van der Waals surface area contributed by atoms with Crippen molar-refractivity contribution in [1.82, 2.24) is 29.9 Å². The van der Waals surface area contributed by atoms with Crippen molar-refractivity contribution in [3.05, 3.63) is 77.9 Å². The molecule has 4 heterocycles. The fourth-order valence-corrected chi connectivity index (χ4v) is 7.12. The number of piperidine rings is 2. The van der Waals surface area contributed by atoms with E-state index in [1.807, 2.05) is 69.3 Å². The molecule has 6 rings (SSSR count). The fraction of sp³-hybridized carbons (Fsp3) is 0.432. The van der Waals surface area contributed by atoms with E-state index < -0.39 is 0 Å². The number of likely N-dealkylation sites (tertiary alicyclic amines) is 2. The number of pyridine rings is 1. The topological polar surface area (TPSA) is 106 Å². The van der Waals surface area contributed by atoms with Gasteiger partial charge < -0.3 is 20.0 Å². The van der Waals surface area contributed by atoms with Crippen LogP contribution in [0.5, 0.6) is 0 Å². The Morgan fingerprint density at radius 3 is 1.81 bits per heavy atom. The third-order valence-electron chi connectivity index (χ3n) is 10.00. The fourth-order valence-electron chi connectivity index (χ4n) is 7.12. The van der Waals surface area contributed by atoms with Gasteiger partial charge in [-0.15, -0.1) is 0 Å². The molecule has 3 aliphatic heterocycles. The zero-order valence-corrected chi connectivity index (χ0v) is 27.4. The van der Waals surface area contributed by atoms with E-state index in [2.05, 4.69) is 10.2 Å². The number of amides is 4. The number of piperazine rings is 1. The second-order valence-corrected chi connectivity index (χ2v) is 12.8. The first-order valence-corrected chi connectivity index (χ1v) is 16.8. The van der Waals surface area contributed by atoms with Crippen molar-refractivity contribution in [2.45, 2.75) is 38.6 Å². The number of hydrogen-bond donors (Lipinski definition) is 1. The maximum atomic E-state index is 13.9. The van der Waals surface area contributed by atoms with E-state index in [4.69, 9.17) is 4.98 Å². The molecule has 0 unspecified atom stereocenters. The number of rotatable bonds is 6. The molecule has 0 bridgehead atoms. The molecule has 0 aliphatic carbocycles. The van der Waals surface area contributed by atoms with Crippen LogP contribution < -0.4 is 5.32 Å². The molecule has 3 aromatic rings. The molecular formula is C37H44N6O4. The van der Waals surface area contributed by atoms with Crippen molar-refractivity contribution in [3.63, 3.8) is 0 Å². The molecule has 2 aromatic carbocycles. The van der Waals surface area contributed by atoms with Gasteiger partial charge in [-0.1, -0.05) is 42.5 Å². The van der Waals surface area contributed by atoms with Gasteiger partial charge in [0.1, 0.15) is 0 Å². The third kappa shape index (κ3) is 7.38. The van der Waals surface area contributed by atoms with Crippen LogP contribution in [0.15, 0.2) is 66.7 Å². The SMILES string of the molecule is CNC(=O)c1ccc(-c2cc(C(=O)N3CCN(C4CCN(C(=O)C5CCN(C(C)=O)CC5)CC4)CC3)cc(-c3ccccc3)n2)cc1. The maximum absolute atomic E-state index is 13.9. The quantitative estimate of drug-likeness (QED) is 0.442. The summed E-state index contributed by atoms with van der Waals surface area (Å²) in [6.45, 7) is 7.37. The maximum Gasteiger partial charge on any atom is 0.254 e. The Morgan fingerprint density at radius 1 is 0.660 bits per heavy atom. The van der Waals surface area contributed by atoms with Crippen LogP contribution in [0.3, 0.4) is 0 Å². The number of carbonyl (C=O) groups excluding carboxylic acids is 4. The van der Waals surface area contributed by atoms with E-state index in [1.54, 1.807) is 26.1 Å². The highest BCUT2D eigenvalue weighted by atomic mass is 16.2. The lowest BCUT2D eigenvalue weighted by Crippen LogP contribution is -2.55. The van der Waals surface area contributed by atoms with Crippen molar-refractivity contribution >= 4 is 23.6 Å². The zero-order chi connectivity index (χ0) is 32.9. The van der Waals surface area contributed by atoms with Gasteiger partial charge >= 0.3 is 0 Å². The lowest BCUT2D eigenvalue weighted by atomic mass is 9.93. The number of benzene rings is 2. The van der Waals surface area contributed by atoms with Crippen molar-refractivity contribution in [3.8, 4) is 22.5 Å². The number of nitrogens with zero attached hydrogens (tertiary/aromatic N) is 5. The number of hydrogen-bond acceptors (Lipinski definition) is 6. The van der Waals surface area contributed by atoms with E-state index in [1.165, 1.54) is 0 Å². The normalized spacial score (nSPS) is 18.2. The van der Waals surface area contributed by atoms with E-state index in [9.17, 15) is 19.2 Å². The summed E-state index contributed by atoms with van der Waals surface area (Å²) >= 11 is 0. The summed E-state index contributed by atoms with van der Waals surface area (Å²) in [5.41, 5.74) is 4.34. The van der Waals surface area contributed by atoms with Crippen LogP contribution in [0.1, 0.15) is 53.3 Å². The molecule has 47 heavy (non-hydrogen) atoms. The number of nitrogens with one attached hydrogen (secondary N) is 1. The van der Waals surface area contributed by atoms with Gasteiger partial charge in [-0.05, 0) is 49.9 Å². The van der Waals surface area contributed by atoms with Gasteiger partial charge in [-0.3, -0.25) is 24.1 Å². The Morgan fingerprint density at radius 2 is 1.23 bits per heavy atom. The smallest absolute Gasteiger partial charge is 0.254 e. The monoisotopic (exact) mass is 636 g/mol. The zero-order valence-electron chi connectivity index (χ0n) is 27.4. The minimum absolute atomic E-state index is 0.0105. The Labute approximate surface area is 276 Å². The lowest BCUT2D eigenvalue weighted by molar-refractivity contribution is -0.141. The second kappa shape index (κ2) is 14.5. The summed E-state index contributed by atoms with van der Waals surface area (Å²) in [7, 11) is 1.61. The average Bonchev–Trinajstić information content (AvgIpc) is 3.14. The molecule has 4 amide bonds. The predicted octanol–water partition coefficient (Wildman–Crippen LogP) is 3.78. The Kier molecular flexibility index (Phi) is 9.96. The molecule has 3 saturated heterocycles. The molecule has 1 aromatic heterocycles. The minimum atomic E-state index is -0.153. The van der Waals surface area contributed by atoms with Crippen LogP contribution >= 0.6 is 0 Å². The summed E-state index contributed by atoms with van der Waals surface area (Å²) in [6.07, 6.45) is 3.39. The first kappa shape index (κ1) is 32.4. The Bertz CT molecular complexity index is 1590. The van der Waals surface area contributed by atoms with Gasteiger partial charge in [0.15, 0.2) is 0 Å². The second-order valence-electron chi connectivity index (χ2n) is 12.8. The van der Waals surface area contributed by atoms with Crippen molar-refractivity contribution in [2.75, 3.05) is 59.4 Å². The van der Waals surface area contributed by atoms with Crippen molar-refractivity contribution in [1.29, 1.82) is 0 Å². The van der Waals surface area contributed by atoms with Gasteiger partial charge in [-0.25, -0.2) is 4.98 Å². The van der Waals surface area contributed by atoms with Gasteiger partial charge in [0.25, 0.3) is 11.8 Å². The summed E-state index contributed by atoms with van der Waals surface area (Å²) < 4.78 is 0. The summed E-state index contributed by atoms with van der Waals surface area (Å²) in [6, 6.07) is 21.3. The average molecular weight is 637 g/mol. The van der Waals surface area contributed by atoms with Crippen LogP contribution in [0.25, 0.3) is 22.5 Å². The molecule has 0 spiro atoms. The first-order valence-electron chi connectivity index (χ1n) is 16.8. The van der Waals surface area contributed by atoms with Crippen molar-refractivity contribution in [2.24, 2.45) is 5.92 Å². The highest BCUT2D eigenvalue weighted by Gasteiger charge is 2.34. The molecule has 3 aliphatic rings. The largest absolute Gasteiger partial charge is 0.355 e. The van der Waals surface area contributed by atoms with E-state index >= 15 is 0 Å². The van der Waals surface area contributed by atoms with Crippen LogP contribution in [0.4, 0.5) is 0 Å². The molecule has 0 radical (unpaired) electrons. The van der Waals surface area contributed by atoms with Crippen LogP contribution in [-0.2, 0) is 9.59 Å². The number of aromatic nitrogens is 1. The van der Waals surface area contributed by atoms with Gasteiger partial charge in [0.05, 0.1) is 11.4 Å². The molecule has 0 saturated carbocycles. The van der Waals surface area contributed by atoms with Crippen LogP contribution in [0, 0.1) is 5.92 Å². The minimum Gasteiger partial charge on any atom is -0.355 e. The van der Waals surface area contributed by atoms with E-state index in [0.29, 0.717) is 49.0 Å². The summed E-state index contributed by atoms with van der Waals surface area (Å²) in [5.74, 6) is 0.195. The van der Waals surface area contributed by atoms with Gasteiger partial charge in [0, 0.05) is 101 Å². The van der Waals surface area contributed by atoms with Gasteiger partial charge in [-0.2, -0.15) is 0 Å². The first-order chi connectivity index (χ1) is 22.8. The van der Waals surface area contributed by atoms with E-state index in [-0.39, 0.29) is 29.5 Å². The standard InChI is InChI=1S/C37H44N6O4/c1-26(44)40-16-12-30(13-17-40)36(46)42-18-14-32(15-19-42)41-20-22-43(23-21-41)37(47)31-24-33(27-6-4-3-5-7-27)39-34(25-31)28-8-10-29(11-9-28)35(45)38-2/h3-11,24-25,30,32H,12-23H2,1-2H3,(H,38,45). The molecule has 10 heteroatoms. The molecule has 10 nitrogen and oxygen atoms in total. The Hall–Kier alpha value is -4.57. The lowest BCUT2D eigenvalue weighted by Gasteiger charge is -2.43.